The van der Waals surface area contributed by atoms with Crippen LogP contribution >= 0.6 is 0 Å². The zero-order valence-corrected chi connectivity index (χ0v) is 37.8. The Morgan fingerprint density at radius 3 is 1.29 bits per heavy atom. The standard InChI is InChI=1S/C66H45N3/c1-3-20-46(21-4-1)54-28-7-9-30-57(54)58-31-10-8-29-55(58)47-40-42-50(43-41-47)67(52-26-18-27-53(45-52)68-63-37-14-11-32-59(63)60-33-12-15-38-64(60)68)51-25-17-22-48(44-51)56-35-19-36-62-61-34-13-16-39-65(61)69(66(56)62)49-23-5-2-6-24-49/h1-45H. The summed E-state index contributed by atoms with van der Waals surface area (Å²) in [6.45, 7) is 0. The summed E-state index contributed by atoms with van der Waals surface area (Å²) in [5.41, 5.74) is 19.7. The smallest absolute Gasteiger partial charge is 0.0619 e. The van der Waals surface area contributed by atoms with Gasteiger partial charge in [0, 0.05) is 55.5 Å². The van der Waals surface area contributed by atoms with Crippen LogP contribution in [0.15, 0.2) is 273 Å². The van der Waals surface area contributed by atoms with E-state index in [0.29, 0.717) is 0 Å². The summed E-state index contributed by atoms with van der Waals surface area (Å²) in [6, 6.07) is 99.1. The Hall–Kier alpha value is -9.18. The van der Waals surface area contributed by atoms with Crippen molar-refractivity contribution in [2.24, 2.45) is 0 Å². The highest BCUT2D eigenvalue weighted by Crippen LogP contribution is 2.44. The van der Waals surface area contributed by atoms with Gasteiger partial charge in [-0.2, -0.15) is 0 Å². The van der Waals surface area contributed by atoms with Gasteiger partial charge in [-0.05, 0) is 112 Å². The molecule has 0 unspecified atom stereocenters. The molecule has 13 aromatic rings. The molecule has 3 nitrogen and oxygen atoms in total. The van der Waals surface area contributed by atoms with E-state index in [2.05, 4.69) is 287 Å². The van der Waals surface area contributed by atoms with E-state index in [9.17, 15) is 0 Å². The van der Waals surface area contributed by atoms with Crippen molar-refractivity contribution >= 4 is 60.7 Å². The van der Waals surface area contributed by atoms with Crippen LogP contribution in [0.4, 0.5) is 17.1 Å². The first kappa shape index (κ1) is 40.1. The van der Waals surface area contributed by atoms with Gasteiger partial charge in [0.15, 0.2) is 0 Å². The predicted octanol–water partition coefficient (Wildman–Crippen LogP) is 18.0. The van der Waals surface area contributed by atoms with Gasteiger partial charge in [-0.15, -0.1) is 0 Å². The lowest BCUT2D eigenvalue weighted by molar-refractivity contribution is 1.17. The third-order valence-electron chi connectivity index (χ3n) is 13.7. The average molecular weight is 880 g/mol. The van der Waals surface area contributed by atoms with Gasteiger partial charge in [0.25, 0.3) is 0 Å². The Bertz CT molecular complexity index is 3960. The van der Waals surface area contributed by atoms with Crippen LogP contribution in [0, 0.1) is 0 Å². The number of aromatic nitrogens is 2. The molecule has 2 heterocycles. The average Bonchev–Trinajstić information content (AvgIpc) is 3.95. The predicted molar refractivity (Wildman–Crippen MR) is 292 cm³/mol. The number of hydrogen-bond acceptors (Lipinski definition) is 1. The van der Waals surface area contributed by atoms with Crippen molar-refractivity contribution in [3.05, 3.63) is 273 Å². The normalized spacial score (nSPS) is 11.5. The van der Waals surface area contributed by atoms with E-state index >= 15 is 0 Å². The third-order valence-corrected chi connectivity index (χ3v) is 13.7. The minimum atomic E-state index is 1.06. The van der Waals surface area contributed by atoms with Crippen molar-refractivity contribution in [1.29, 1.82) is 0 Å². The van der Waals surface area contributed by atoms with Crippen molar-refractivity contribution in [2.45, 2.75) is 0 Å². The molecule has 0 aliphatic rings. The molecule has 324 valence electrons. The Balaban J connectivity index is 0.984. The monoisotopic (exact) mass is 879 g/mol. The molecule has 0 N–H and O–H groups in total. The van der Waals surface area contributed by atoms with Gasteiger partial charge >= 0.3 is 0 Å². The van der Waals surface area contributed by atoms with Gasteiger partial charge < -0.3 is 14.0 Å². The van der Waals surface area contributed by atoms with Gasteiger partial charge in [0.05, 0.1) is 22.1 Å². The van der Waals surface area contributed by atoms with Gasteiger partial charge in [-0.25, -0.2) is 0 Å². The molecule has 0 saturated heterocycles. The second-order valence-corrected chi connectivity index (χ2v) is 17.7. The fourth-order valence-corrected chi connectivity index (χ4v) is 10.7. The summed E-state index contributed by atoms with van der Waals surface area (Å²) < 4.78 is 4.83. The maximum absolute atomic E-state index is 2.43. The molecule has 0 fully saturated rings. The first-order chi connectivity index (χ1) is 34.3. The largest absolute Gasteiger partial charge is 0.310 e. The fraction of sp³-hybridized carbons (Fsp3) is 0. The van der Waals surface area contributed by atoms with Crippen LogP contribution in [0.5, 0.6) is 0 Å². The van der Waals surface area contributed by atoms with E-state index in [4.69, 9.17) is 0 Å². The van der Waals surface area contributed by atoms with Crippen LogP contribution < -0.4 is 4.90 Å². The van der Waals surface area contributed by atoms with Crippen molar-refractivity contribution in [3.63, 3.8) is 0 Å². The lowest BCUT2D eigenvalue weighted by Crippen LogP contribution is -2.10. The van der Waals surface area contributed by atoms with E-state index in [1.54, 1.807) is 0 Å². The van der Waals surface area contributed by atoms with E-state index in [1.165, 1.54) is 77.0 Å². The molecule has 69 heavy (non-hydrogen) atoms. The Morgan fingerprint density at radius 2 is 0.652 bits per heavy atom. The summed E-state index contributed by atoms with van der Waals surface area (Å²) in [5, 5.41) is 4.96. The van der Waals surface area contributed by atoms with Gasteiger partial charge in [-0.3, -0.25) is 0 Å². The lowest BCUT2D eigenvalue weighted by Gasteiger charge is -2.27. The molecule has 13 rings (SSSR count). The summed E-state index contributed by atoms with van der Waals surface area (Å²) >= 11 is 0. The molecule has 0 aliphatic carbocycles. The topological polar surface area (TPSA) is 13.1 Å². The molecule has 0 amide bonds. The third kappa shape index (κ3) is 6.91. The second kappa shape index (κ2) is 16.9. The lowest BCUT2D eigenvalue weighted by atomic mass is 9.89. The van der Waals surface area contributed by atoms with Crippen molar-refractivity contribution in [2.75, 3.05) is 4.90 Å². The minimum Gasteiger partial charge on any atom is -0.310 e. The number of rotatable bonds is 9. The highest BCUT2D eigenvalue weighted by Gasteiger charge is 2.21. The quantitative estimate of drug-likeness (QED) is 0.141. The van der Waals surface area contributed by atoms with E-state index in [-0.39, 0.29) is 0 Å². The summed E-state index contributed by atoms with van der Waals surface area (Å²) in [7, 11) is 0. The van der Waals surface area contributed by atoms with E-state index in [1.807, 2.05) is 0 Å². The van der Waals surface area contributed by atoms with Crippen molar-refractivity contribution in [1.82, 2.24) is 9.13 Å². The molecular formula is C66H45N3. The number of para-hydroxylation sites is 5. The number of nitrogens with zero attached hydrogens (tertiary/aromatic N) is 3. The minimum absolute atomic E-state index is 1.06. The van der Waals surface area contributed by atoms with E-state index < -0.39 is 0 Å². The SMILES string of the molecule is c1ccc(-c2ccccc2-c2ccccc2-c2ccc(N(c3cccc(-c4cccc5c6ccccc6n(-c6ccccc6)c45)c3)c3cccc(-n4c5ccccc5c5ccccc54)c3)cc2)cc1. The van der Waals surface area contributed by atoms with Crippen LogP contribution in [-0.2, 0) is 0 Å². The van der Waals surface area contributed by atoms with Crippen LogP contribution in [0.2, 0.25) is 0 Å². The zero-order valence-electron chi connectivity index (χ0n) is 37.8. The highest BCUT2D eigenvalue weighted by atomic mass is 15.1. The molecule has 0 radical (unpaired) electrons. The molecule has 0 aliphatic heterocycles. The van der Waals surface area contributed by atoms with Crippen molar-refractivity contribution < 1.29 is 0 Å². The number of hydrogen-bond donors (Lipinski definition) is 0. The second-order valence-electron chi connectivity index (χ2n) is 17.7. The fourth-order valence-electron chi connectivity index (χ4n) is 10.7. The number of benzene rings is 11. The highest BCUT2D eigenvalue weighted by molar-refractivity contribution is 6.14. The van der Waals surface area contributed by atoms with Crippen LogP contribution in [0.1, 0.15) is 0 Å². The molecule has 11 aromatic carbocycles. The Labute approximate surface area is 401 Å². The summed E-state index contributed by atoms with van der Waals surface area (Å²) in [4.78, 5) is 2.41. The van der Waals surface area contributed by atoms with Gasteiger partial charge in [0.2, 0.25) is 0 Å². The molecule has 3 heteroatoms. The first-order valence-corrected chi connectivity index (χ1v) is 23.7. The molecular weight excluding hydrogens is 835 g/mol. The molecule has 0 spiro atoms. The molecule has 2 aromatic heterocycles. The van der Waals surface area contributed by atoms with Gasteiger partial charge in [0.1, 0.15) is 0 Å². The van der Waals surface area contributed by atoms with Crippen LogP contribution in [0.3, 0.4) is 0 Å². The maximum atomic E-state index is 2.43. The summed E-state index contributed by atoms with van der Waals surface area (Å²) in [5.74, 6) is 0. The molecule has 0 bridgehead atoms. The Morgan fingerprint density at radius 1 is 0.232 bits per heavy atom. The van der Waals surface area contributed by atoms with Crippen molar-refractivity contribution in [3.8, 4) is 55.9 Å². The Kier molecular flexibility index (Phi) is 9.84. The van der Waals surface area contributed by atoms with E-state index in [0.717, 1.165) is 39.6 Å². The maximum Gasteiger partial charge on any atom is 0.0619 e. The van der Waals surface area contributed by atoms with Crippen LogP contribution in [-0.4, -0.2) is 9.13 Å². The molecule has 0 saturated carbocycles. The molecule has 0 atom stereocenters. The van der Waals surface area contributed by atoms with Gasteiger partial charge in [-0.1, -0.05) is 200 Å². The van der Waals surface area contributed by atoms with Crippen LogP contribution in [0.25, 0.3) is 99.5 Å². The number of fused-ring (bicyclic) bond motifs is 6. The number of anilines is 3. The summed E-state index contributed by atoms with van der Waals surface area (Å²) in [6.07, 6.45) is 0. The first-order valence-electron chi connectivity index (χ1n) is 23.7. The zero-order chi connectivity index (χ0) is 45.7.